The summed E-state index contributed by atoms with van der Waals surface area (Å²) in [5.41, 5.74) is 3.29. The largest absolute Gasteiger partial charge is 0.268 e. The number of primary sulfonamides is 1. The van der Waals surface area contributed by atoms with Gasteiger partial charge < -0.3 is 0 Å². The van der Waals surface area contributed by atoms with Crippen LogP contribution in [-0.4, -0.2) is 39.1 Å². The topological polar surface area (TPSA) is 112 Å². The Bertz CT molecular complexity index is 1420. The van der Waals surface area contributed by atoms with Crippen LogP contribution in [0.25, 0.3) is 22.4 Å². The lowest BCUT2D eigenvalue weighted by atomic mass is 10.1. The fraction of sp³-hybridized carbons (Fsp3) is 0.250. The monoisotopic (exact) mass is 443 g/mol. The van der Waals surface area contributed by atoms with Crippen LogP contribution in [0.4, 0.5) is 0 Å². The lowest BCUT2D eigenvalue weighted by Gasteiger charge is -2.14. The summed E-state index contributed by atoms with van der Waals surface area (Å²) in [7, 11) is -3.50. The van der Waals surface area contributed by atoms with Crippen LogP contribution in [0.3, 0.4) is 0 Å². The van der Waals surface area contributed by atoms with Crippen molar-refractivity contribution in [1.29, 1.82) is 0 Å². The molecule has 0 unspecified atom stereocenters. The molecule has 0 radical (unpaired) electrons. The van der Waals surface area contributed by atoms with Crippen LogP contribution in [0, 0.1) is 13.8 Å². The number of nitrogens with zero attached hydrogens (tertiary/aromatic N) is 4. The van der Waals surface area contributed by atoms with Gasteiger partial charge in [0, 0.05) is 5.75 Å². The second-order valence-electron chi connectivity index (χ2n) is 7.13. The zero-order valence-corrected chi connectivity index (χ0v) is 18.2. The predicted molar refractivity (Wildman–Crippen MR) is 119 cm³/mol. The Morgan fingerprint density at radius 3 is 2.63 bits per heavy atom. The van der Waals surface area contributed by atoms with Gasteiger partial charge in [0.05, 0.1) is 22.3 Å². The van der Waals surface area contributed by atoms with Gasteiger partial charge in [-0.2, -0.15) is 0 Å². The van der Waals surface area contributed by atoms with Crippen molar-refractivity contribution in [3.8, 4) is 5.69 Å². The standard InChI is InChI=1S/C20H21N5O3S2/c1-13-8-9-14(2)17(12-13)24-18(26)15-6-3-4-7-16(15)25-19(24)22-23-20(25)29-10-5-11-30(21,27)28/h3-4,6-9,12H,5,10-11H2,1-2H3,(H2,21,27,28). The number of aryl methyl sites for hydroxylation is 2. The number of aromatic nitrogens is 4. The quantitative estimate of drug-likeness (QED) is 0.362. The molecule has 2 N–H and O–H groups in total. The average Bonchev–Trinajstić information content (AvgIpc) is 3.11. The SMILES string of the molecule is Cc1ccc(C)c(-n2c(=O)c3ccccc3n3c(SCCCS(N)(=O)=O)nnc23)c1. The molecule has 10 heteroatoms. The number of fused-ring (bicyclic) bond motifs is 3. The molecule has 0 saturated heterocycles. The van der Waals surface area contributed by atoms with Crippen LogP contribution in [-0.2, 0) is 10.0 Å². The molecule has 0 fully saturated rings. The molecule has 0 amide bonds. The summed E-state index contributed by atoms with van der Waals surface area (Å²) in [6.45, 7) is 3.93. The van der Waals surface area contributed by atoms with Gasteiger partial charge in [0.15, 0.2) is 5.16 Å². The normalized spacial score (nSPS) is 12.1. The van der Waals surface area contributed by atoms with Crippen LogP contribution < -0.4 is 10.7 Å². The van der Waals surface area contributed by atoms with E-state index in [0.29, 0.717) is 34.0 Å². The first kappa shape index (κ1) is 20.6. The maximum Gasteiger partial charge on any atom is 0.267 e. The van der Waals surface area contributed by atoms with E-state index in [0.717, 1.165) is 16.8 Å². The molecule has 0 atom stereocenters. The van der Waals surface area contributed by atoms with E-state index in [9.17, 15) is 13.2 Å². The molecule has 2 heterocycles. The molecular weight excluding hydrogens is 422 g/mol. The Hall–Kier alpha value is -2.69. The fourth-order valence-electron chi connectivity index (χ4n) is 3.37. The van der Waals surface area contributed by atoms with E-state index >= 15 is 0 Å². The van der Waals surface area contributed by atoms with E-state index in [4.69, 9.17) is 5.14 Å². The van der Waals surface area contributed by atoms with Crippen molar-refractivity contribution >= 4 is 38.5 Å². The van der Waals surface area contributed by atoms with Gasteiger partial charge in [-0.25, -0.2) is 18.1 Å². The third-order valence-corrected chi connectivity index (χ3v) is 6.68. The number of hydrogen-bond donors (Lipinski definition) is 1. The summed E-state index contributed by atoms with van der Waals surface area (Å²) in [5, 5.41) is 14.8. The van der Waals surface area contributed by atoms with Gasteiger partial charge in [0.2, 0.25) is 15.8 Å². The first-order chi connectivity index (χ1) is 14.3. The molecule has 0 spiro atoms. The van der Waals surface area contributed by atoms with E-state index in [1.807, 2.05) is 54.6 Å². The number of nitrogens with two attached hydrogens (primary N) is 1. The molecular formula is C20H21N5O3S2. The first-order valence-corrected chi connectivity index (χ1v) is 12.1. The zero-order chi connectivity index (χ0) is 21.5. The first-order valence-electron chi connectivity index (χ1n) is 9.36. The third kappa shape index (κ3) is 3.85. The minimum Gasteiger partial charge on any atom is -0.268 e. The van der Waals surface area contributed by atoms with Crippen molar-refractivity contribution in [2.45, 2.75) is 25.4 Å². The summed E-state index contributed by atoms with van der Waals surface area (Å²) in [6, 6.07) is 13.3. The van der Waals surface area contributed by atoms with E-state index in [1.165, 1.54) is 11.8 Å². The summed E-state index contributed by atoms with van der Waals surface area (Å²) < 4.78 is 25.8. The number of hydrogen-bond acceptors (Lipinski definition) is 6. The van der Waals surface area contributed by atoms with Crippen LogP contribution in [0.15, 0.2) is 52.4 Å². The number of benzene rings is 2. The van der Waals surface area contributed by atoms with Crippen LogP contribution in [0.1, 0.15) is 17.5 Å². The van der Waals surface area contributed by atoms with E-state index < -0.39 is 10.0 Å². The molecule has 156 valence electrons. The van der Waals surface area contributed by atoms with Gasteiger partial charge in [-0.15, -0.1) is 10.2 Å². The Kier molecular flexibility index (Phi) is 5.39. The van der Waals surface area contributed by atoms with Gasteiger partial charge >= 0.3 is 0 Å². The Morgan fingerprint density at radius 2 is 1.87 bits per heavy atom. The number of rotatable bonds is 6. The van der Waals surface area contributed by atoms with Gasteiger partial charge in [0.25, 0.3) is 5.56 Å². The molecule has 30 heavy (non-hydrogen) atoms. The number of para-hydroxylation sites is 1. The van der Waals surface area contributed by atoms with Crippen molar-refractivity contribution in [2.75, 3.05) is 11.5 Å². The molecule has 0 aliphatic rings. The van der Waals surface area contributed by atoms with Gasteiger partial charge in [-0.05, 0) is 49.6 Å². The Labute approximate surface area is 177 Å². The van der Waals surface area contributed by atoms with Crippen LogP contribution in [0.2, 0.25) is 0 Å². The summed E-state index contributed by atoms with van der Waals surface area (Å²) in [5.74, 6) is 0.833. The Balaban J connectivity index is 1.91. The van der Waals surface area contributed by atoms with Crippen molar-refractivity contribution in [1.82, 2.24) is 19.2 Å². The molecule has 8 nitrogen and oxygen atoms in total. The van der Waals surface area contributed by atoms with Crippen molar-refractivity contribution < 1.29 is 8.42 Å². The lowest BCUT2D eigenvalue weighted by molar-refractivity contribution is 0.596. The van der Waals surface area contributed by atoms with E-state index in [1.54, 1.807) is 10.6 Å². The zero-order valence-electron chi connectivity index (χ0n) is 16.6. The molecule has 0 saturated carbocycles. The van der Waals surface area contributed by atoms with Crippen LogP contribution >= 0.6 is 11.8 Å². The molecule has 0 aliphatic heterocycles. The van der Waals surface area contributed by atoms with Crippen LogP contribution in [0.5, 0.6) is 0 Å². The molecule has 2 aromatic carbocycles. The predicted octanol–water partition coefficient (Wildman–Crippen LogP) is 2.42. The van der Waals surface area contributed by atoms with Gasteiger partial charge in [0.1, 0.15) is 0 Å². The van der Waals surface area contributed by atoms with E-state index in [-0.39, 0.29) is 11.3 Å². The number of sulfonamides is 1. The molecule has 0 aliphatic carbocycles. The van der Waals surface area contributed by atoms with Gasteiger partial charge in [-0.1, -0.05) is 36.0 Å². The van der Waals surface area contributed by atoms with Crippen molar-refractivity contribution in [3.63, 3.8) is 0 Å². The summed E-state index contributed by atoms with van der Waals surface area (Å²) in [6.07, 6.45) is 0.396. The minimum atomic E-state index is -3.50. The minimum absolute atomic E-state index is 0.0926. The third-order valence-electron chi connectivity index (χ3n) is 4.80. The second kappa shape index (κ2) is 7.86. The maximum absolute atomic E-state index is 13.4. The second-order valence-corrected chi connectivity index (χ2v) is 9.93. The summed E-state index contributed by atoms with van der Waals surface area (Å²) >= 11 is 1.38. The smallest absolute Gasteiger partial charge is 0.267 e. The molecule has 0 bridgehead atoms. The molecule has 4 rings (SSSR count). The van der Waals surface area contributed by atoms with Crippen molar-refractivity contribution in [2.24, 2.45) is 5.14 Å². The average molecular weight is 444 g/mol. The molecule has 4 aromatic rings. The Morgan fingerprint density at radius 1 is 1.10 bits per heavy atom. The number of thioether (sulfide) groups is 1. The van der Waals surface area contributed by atoms with E-state index in [2.05, 4.69) is 10.2 Å². The maximum atomic E-state index is 13.4. The fourth-order valence-corrected chi connectivity index (χ4v) is 4.98. The lowest BCUT2D eigenvalue weighted by Crippen LogP contribution is -2.22. The highest BCUT2D eigenvalue weighted by Crippen LogP contribution is 2.25. The van der Waals surface area contributed by atoms with Gasteiger partial charge in [-0.3, -0.25) is 9.20 Å². The highest BCUT2D eigenvalue weighted by molar-refractivity contribution is 7.99. The van der Waals surface area contributed by atoms with Crippen molar-refractivity contribution in [3.05, 3.63) is 63.9 Å². The molecule has 2 aromatic heterocycles. The highest BCUT2D eigenvalue weighted by Gasteiger charge is 2.19. The summed E-state index contributed by atoms with van der Waals surface area (Å²) in [4.78, 5) is 13.4. The highest BCUT2D eigenvalue weighted by atomic mass is 32.2.